The lowest BCUT2D eigenvalue weighted by Gasteiger charge is -2.18. The number of aromatic nitrogens is 2. The lowest BCUT2D eigenvalue weighted by atomic mass is 9.95. The third-order valence-electron chi connectivity index (χ3n) is 7.59. The van der Waals surface area contributed by atoms with Crippen molar-refractivity contribution in [3.8, 4) is 22.6 Å². The molecule has 42 heavy (non-hydrogen) atoms. The maximum absolute atomic E-state index is 14.3. The number of fused-ring (bicyclic) bond motifs is 1. The van der Waals surface area contributed by atoms with Gasteiger partial charge in [-0.25, -0.2) is 4.98 Å². The van der Waals surface area contributed by atoms with Crippen molar-refractivity contribution in [3.05, 3.63) is 111 Å². The molecule has 0 fully saturated rings. The van der Waals surface area contributed by atoms with E-state index in [2.05, 4.69) is 25.2 Å². The topological polar surface area (TPSA) is 97.1 Å². The van der Waals surface area contributed by atoms with E-state index in [0.29, 0.717) is 18.6 Å². The van der Waals surface area contributed by atoms with E-state index in [9.17, 15) is 9.59 Å². The van der Waals surface area contributed by atoms with E-state index in [-0.39, 0.29) is 11.4 Å². The van der Waals surface area contributed by atoms with Gasteiger partial charge in [-0.05, 0) is 59.7 Å². The van der Waals surface area contributed by atoms with Crippen LogP contribution < -0.4 is 15.6 Å². The van der Waals surface area contributed by atoms with Crippen LogP contribution in [-0.4, -0.2) is 35.6 Å². The smallest absolute Gasteiger partial charge is 0.261 e. The summed E-state index contributed by atoms with van der Waals surface area (Å²) in [6.45, 7) is 4.92. The van der Waals surface area contributed by atoms with Crippen LogP contribution in [0.15, 0.2) is 71.5 Å². The fourth-order valence-corrected chi connectivity index (χ4v) is 5.50. The van der Waals surface area contributed by atoms with Crippen molar-refractivity contribution in [2.24, 2.45) is 0 Å². The molecule has 2 N–H and O–H groups in total. The molecule has 212 valence electrons. The molecule has 4 aromatic rings. The van der Waals surface area contributed by atoms with Crippen molar-refractivity contribution in [3.63, 3.8) is 0 Å². The molecule has 5 rings (SSSR count). The second kappa shape index (κ2) is 13.0. The van der Waals surface area contributed by atoms with Crippen molar-refractivity contribution in [1.82, 2.24) is 14.9 Å². The summed E-state index contributed by atoms with van der Waals surface area (Å²) in [5, 5.41) is 10.6. The standard InChI is InChI=1S/C34H35BN4O3/c1-3-5-11-29-28(33(40)39(31(37-29)8-4-2)25-16-17-30-24(21-25)18-19-42-30)20-22-12-14-23(15-13-22)26-9-6-7-10-27(26)32(36)38-34(35)41/h6-7,9-10,12-17,21H,3-5,8,11,18-20H2,1-2H3,(H2,36,38,41). The summed E-state index contributed by atoms with van der Waals surface area (Å²) in [6.07, 6.45) is 5.66. The van der Waals surface area contributed by atoms with Crippen molar-refractivity contribution in [1.29, 1.82) is 5.41 Å². The molecule has 0 spiro atoms. The molecular weight excluding hydrogens is 523 g/mol. The number of carbonyl (C=O) groups excluding carboxylic acids is 1. The Morgan fingerprint density at radius 2 is 1.83 bits per heavy atom. The summed E-state index contributed by atoms with van der Waals surface area (Å²) in [7, 11) is 5.24. The van der Waals surface area contributed by atoms with Gasteiger partial charge in [0, 0.05) is 30.4 Å². The molecule has 0 saturated heterocycles. The van der Waals surface area contributed by atoms with Gasteiger partial charge in [0.15, 0.2) is 5.81 Å². The Morgan fingerprint density at radius 1 is 1.05 bits per heavy atom. The molecule has 2 radical (unpaired) electrons. The molecule has 0 aliphatic carbocycles. The summed E-state index contributed by atoms with van der Waals surface area (Å²) in [5.74, 6) is 0.857. The van der Waals surface area contributed by atoms with Crippen molar-refractivity contribution in [2.45, 2.75) is 58.8 Å². The van der Waals surface area contributed by atoms with E-state index < -0.39 is 5.81 Å². The van der Waals surface area contributed by atoms with E-state index in [1.807, 2.05) is 54.6 Å². The van der Waals surface area contributed by atoms with Gasteiger partial charge >= 0.3 is 0 Å². The molecule has 2 heterocycles. The van der Waals surface area contributed by atoms with Gasteiger partial charge in [0.2, 0.25) is 7.85 Å². The van der Waals surface area contributed by atoms with Crippen LogP contribution in [0.2, 0.25) is 0 Å². The molecule has 3 aromatic carbocycles. The summed E-state index contributed by atoms with van der Waals surface area (Å²) in [6, 6.07) is 21.4. The Labute approximate surface area is 247 Å². The third-order valence-corrected chi connectivity index (χ3v) is 7.59. The first kappa shape index (κ1) is 29.1. The lowest BCUT2D eigenvalue weighted by molar-refractivity contribution is 0.263. The molecule has 8 heteroatoms. The first-order valence-electron chi connectivity index (χ1n) is 14.6. The molecule has 1 aromatic heterocycles. The van der Waals surface area contributed by atoms with E-state index >= 15 is 0 Å². The quantitative estimate of drug-likeness (QED) is 0.143. The average Bonchev–Trinajstić information content (AvgIpc) is 3.46. The number of hydrogen-bond acceptors (Lipinski definition) is 5. The number of rotatable bonds is 10. The Balaban J connectivity index is 1.53. The van der Waals surface area contributed by atoms with Crippen LogP contribution in [0.5, 0.6) is 5.75 Å². The third kappa shape index (κ3) is 6.23. The molecule has 1 aliphatic heterocycles. The highest BCUT2D eigenvalue weighted by atomic mass is 16.5. The highest BCUT2D eigenvalue weighted by Gasteiger charge is 2.20. The van der Waals surface area contributed by atoms with Crippen LogP contribution in [0.4, 0.5) is 4.79 Å². The molecule has 1 aliphatic rings. The fourth-order valence-electron chi connectivity index (χ4n) is 5.50. The van der Waals surface area contributed by atoms with Gasteiger partial charge in [0.1, 0.15) is 17.4 Å². The number of carbonyl (C=O) groups is 1. The largest absolute Gasteiger partial charge is 0.493 e. The summed E-state index contributed by atoms with van der Waals surface area (Å²) >= 11 is 0. The van der Waals surface area contributed by atoms with Gasteiger partial charge in [0.05, 0.1) is 18.0 Å². The first-order chi connectivity index (χ1) is 20.4. The van der Waals surface area contributed by atoms with Gasteiger partial charge in [-0.3, -0.25) is 19.6 Å². The zero-order chi connectivity index (χ0) is 29.6. The second-order valence-corrected chi connectivity index (χ2v) is 10.6. The summed E-state index contributed by atoms with van der Waals surface area (Å²) in [5.41, 5.74) is 6.81. The monoisotopic (exact) mass is 558 g/mol. The zero-order valence-electron chi connectivity index (χ0n) is 24.2. The minimum Gasteiger partial charge on any atom is -0.493 e. The number of amides is 1. The Hall–Kier alpha value is -4.46. The molecule has 0 saturated carbocycles. The second-order valence-electron chi connectivity index (χ2n) is 10.6. The molecule has 0 bridgehead atoms. The summed E-state index contributed by atoms with van der Waals surface area (Å²) < 4.78 is 7.50. The van der Waals surface area contributed by atoms with E-state index in [0.717, 1.165) is 89.3 Å². The van der Waals surface area contributed by atoms with Gasteiger partial charge < -0.3 is 10.1 Å². The van der Waals surface area contributed by atoms with Gasteiger partial charge in [0.25, 0.3) is 5.56 Å². The van der Waals surface area contributed by atoms with Crippen LogP contribution in [0, 0.1) is 5.41 Å². The zero-order valence-corrected chi connectivity index (χ0v) is 24.2. The number of nitrogens with zero attached hydrogens (tertiary/aromatic N) is 2. The highest BCUT2D eigenvalue weighted by Crippen LogP contribution is 2.28. The average molecular weight is 558 g/mol. The number of benzene rings is 3. The minimum absolute atomic E-state index is 0.0150. The summed E-state index contributed by atoms with van der Waals surface area (Å²) in [4.78, 5) is 30.7. The van der Waals surface area contributed by atoms with Crippen LogP contribution in [-0.2, 0) is 25.7 Å². The molecule has 0 unspecified atom stereocenters. The van der Waals surface area contributed by atoms with Crippen molar-refractivity contribution < 1.29 is 9.53 Å². The van der Waals surface area contributed by atoms with E-state index in [1.165, 1.54) is 0 Å². The van der Waals surface area contributed by atoms with Crippen LogP contribution in [0.25, 0.3) is 16.8 Å². The first-order valence-corrected chi connectivity index (χ1v) is 14.6. The number of unbranched alkanes of at least 4 members (excludes halogenated alkanes) is 1. The fraction of sp³-hybridized carbons (Fsp3) is 0.294. The van der Waals surface area contributed by atoms with Crippen LogP contribution >= 0.6 is 0 Å². The van der Waals surface area contributed by atoms with Crippen LogP contribution in [0.3, 0.4) is 0 Å². The van der Waals surface area contributed by atoms with Crippen molar-refractivity contribution >= 4 is 19.5 Å². The van der Waals surface area contributed by atoms with Gasteiger partial charge in [-0.2, -0.15) is 0 Å². The van der Waals surface area contributed by atoms with Crippen LogP contribution in [0.1, 0.15) is 66.9 Å². The predicted molar refractivity (Wildman–Crippen MR) is 167 cm³/mol. The number of hydrogen-bond donors (Lipinski definition) is 2. The SMILES string of the molecule is [B]C(=O)NC(=N)c1ccccc1-c1ccc(Cc2c(CCCC)nc(CCC)n(-c3ccc4c(c3)CCO4)c2=O)cc1. The van der Waals surface area contributed by atoms with E-state index in [4.69, 9.17) is 23.0 Å². The van der Waals surface area contributed by atoms with Crippen molar-refractivity contribution in [2.75, 3.05) is 6.61 Å². The van der Waals surface area contributed by atoms with Gasteiger partial charge in [-0.15, -0.1) is 0 Å². The predicted octanol–water partition coefficient (Wildman–Crippen LogP) is 5.92. The number of nitrogens with one attached hydrogen (secondary N) is 2. The van der Waals surface area contributed by atoms with E-state index in [1.54, 1.807) is 10.6 Å². The number of ether oxygens (including phenoxy) is 1. The maximum Gasteiger partial charge on any atom is 0.261 e. The molecule has 1 amide bonds. The Bertz CT molecular complexity index is 1680. The number of amidine groups is 1. The van der Waals surface area contributed by atoms with Gasteiger partial charge in [-0.1, -0.05) is 68.8 Å². The molecular formula is C34H35BN4O3. The Kier molecular flexibility index (Phi) is 9.01. The Morgan fingerprint density at radius 3 is 2.57 bits per heavy atom. The highest BCUT2D eigenvalue weighted by molar-refractivity contribution is 6.58. The minimum atomic E-state index is -0.776. The maximum atomic E-state index is 14.3. The molecule has 0 atom stereocenters. The number of aryl methyl sites for hydroxylation is 2. The normalized spacial score (nSPS) is 12.0. The molecule has 7 nitrogen and oxygen atoms in total. The lowest BCUT2D eigenvalue weighted by Crippen LogP contribution is -2.29.